The van der Waals surface area contributed by atoms with Gasteiger partial charge in [-0.2, -0.15) is 0 Å². The van der Waals surface area contributed by atoms with Gasteiger partial charge >= 0.3 is 5.97 Å². The molecule has 0 bridgehead atoms. The fourth-order valence-electron chi connectivity index (χ4n) is 1.48. The van der Waals surface area contributed by atoms with Crippen LogP contribution in [0.5, 0.6) is 5.75 Å². The van der Waals surface area contributed by atoms with Crippen molar-refractivity contribution in [2.75, 3.05) is 18.2 Å². The Hall–Kier alpha value is -1.84. The van der Waals surface area contributed by atoms with Crippen LogP contribution in [0.25, 0.3) is 0 Å². The van der Waals surface area contributed by atoms with E-state index in [1.807, 2.05) is 0 Å². The Labute approximate surface area is 151 Å². The summed E-state index contributed by atoms with van der Waals surface area (Å²) in [6, 6.07) is 6.71. The zero-order chi connectivity index (χ0) is 17.5. The summed E-state index contributed by atoms with van der Waals surface area (Å²) in [5.41, 5.74) is 0. The first-order valence-corrected chi connectivity index (χ1v) is 8.92. The molecule has 0 radical (unpaired) electrons. The SMILES string of the molecule is COC(=O)CSc1nnc(NC(=O)[C@H](C)Oc2ccc(Cl)cc2)s1. The third-order valence-corrected chi connectivity index (χ3v) is 4.87. The summed E-state index contributed by atoms with van der Waals surface area (Å²) in [4.78, 5) is 23.2. The molecule has 2 rings (SSSR count). The number of amides is 1. The van der Waals surface area contributed by atoms with E-state index < -0.39 is 6.10 Å². The molecule has 1 N–H and O–H groups in total. The minimum absolute atomic E-state index is 0.134. The van der Waals surface area contributed by atoms with Crippen molar-refractivity contribution >= 4 is 51.7 Å². The highest BCUT2D eigenvalue weighted by Crippen LogP contribution is 2.25. The lowest BCUT2D eigenvalue weighted by Crippen LogP contribution is -2.30. The molecule has 10 heteroatoms. The number of ether oxygens (including phenoxy) is 2. The van der Waals surface area contributed by atoms with Gasteiger partial charge in [-0.1, -0.05) is 34.7 Å². The molecule has 1 aromatic carbocycles. The molecule has 0 fully saturated rings. The summed E-state index contributed by atoms with van der Waals surface area (Å²) in [5.74, 6) is -0.0418. The lowest BCUT2D eigenvalue weighted by molar-refractivity contribution is -0.137. The molecule has 7 nitrogen and oxygen atoms in total. The van der Waals surface area contributed by atoms with Gasteiger partial charge in [-0.3, -0.25) is 14.9 Å². The van der Waals surface area contributed by atoms with Crippen LogP contribution in [-0.2, 0) is 14.3 Å². The quantitative estimate of drug-likeness (QED) is 0.443. The molecule has 1 amide bonds. The van der Waals surface area contributed by atoms with Crippen LogP contribution < -0.4 is 10.1 Å². The second kappa shape index (κ2) is 8.86. The van der Waals surface area contributed by atoms with E-state index in [-0.39, 0.29) is 17.6 Å². The minimum atomic E-state index is -0.721. The normalized spacial score (nSPS) is 11.6. The Kier molecular flexibility index (Phi) is 6.83. The van der Waals surface area contributed by atoms with Gasteiger partial charge in [0.1, 0.15) is 5.75 Å². The zero-order valence-corrected chi connectivity index (χ0v) is 15.2. The first kappa shape index (κ1) is 18.5. The summed E-state index contributed by atoms with van der Waals surface area (Å²) in [6.07, 6.45) is -0.721. The molecule has 0 saturated carbocycles. The van der Waals surface area contributed by atoms with Crippen LogP contribution in [0.4, 0.5) is 5.13 Å². The number of benzene rings is 1. The second-order valence-corrected chi connectivity index (χ2v) is 7.08. The van der Waals surface area contributed by atoms with Crippen molar-refractivity contribution < 1.29 is 19.1 Å². The van der Waals surface area contributed by atoms with Crippen molar-refractivity contribution in [2.45, 2.75) is 17.4 Å². The number of hydrogen-bond donors (Lipinski definition) is 1. The fraction of sp³-hybridized carbons (Fsp3) is 0.286. The number of carbonyl (C=O) groups is 2. The summed E-state index contributed by atoms with van der Waals surface area (Å²) in [6.45, 7) is 1.62. The first-order chi connectivity index (χ1) is 11.5. The third kappa shape index (κ3) is 5.66. The molecule has 0 aliphatic carbocycles. The maximum atomic E-state index is 12.1. The van der Waals surface area contributed by atoms with E-state index >= 15 is 0 Å². The predicted molar refractivity (Wildman–Crippen MR) is 92.8 cm³/mol. The molecule has 0 aliphatic rings. The maximum Gasteiger partial charge on any atom is 0.316 e. The van der Waals surface area contributed by atoms with Crippen molar-refractivity contribution in [3.8, 4) is 5.75 Å². The van der Waals surface area contributed by atoms with Crippen molar-refractivity contribution in [2.24, 2.45) is 0 Å². The van der Waals surface area contributed by atoms with E-state index in [1.165, 1.54) is 30.2 Å². The molecule has 2 aromatic rings. The van der Waals surface area contributed by atoms with Gasteiger partial charge in [0, 0.05) is 5.02 Å². The Morgan fingerprint density at radius 3 is 2.71 bits per heavy atom. The highest BCUT2D eigenvalue weighted by atomic mass is 35.5. The number of halogens is 1. The van der Waals surface area contributed by atoms with Crippen molar-refractivity contribution in [3.05, 3.63) is 29.3 Å². The number of carbonyl (C=O) groups excluding carboxylic acids is 2. The Bertz CT molecular complexity index is 708. The second-order valence-electron chi connectivity index (χ2n) is 4.44. The van der Waals surface area contributed by atoms with Crippen LogP contribution in [0, 0.1) is 0 Å². The molecule has 0 aliphatic heterocycles. The molecule has 0 saturated heterocycles. The van der Waals surface area contributed by atoms with Gasteiger partial charge in [0.05, 0.1) is 12.9 Å². The molecular formula is C14H14ClN3O4S2. The van der Waals surface area contributed by atoms with Gasteiger partial charge < -0.3 is 9.47 Å². The Balaban J connectivity index is 1.86. The molecule has 1 atom stereocenters. The van der Waals surface area contributed by atoms with E-state index in [0.717, 1.165) is 0 Å². The number of nitrogens with zero attached hydrogens (tertiary/aromatic N) is 2. The predicted octanol–water partition coefficient (Wildman–Crippen LogP) is 2.86. The number of thioether (sulfide) groups is 1. The van der Waals surface area contributed by atoms with E-state index in [4.69, 9.17) is 16.3 Å². The van der Waals surface area contributed by atoms with Gasteiger partial charge in [0.25, 0.3) is 5.91 Å². The summed E-state index contributed by atoms with van der Waals surface area (Å²) < 4.78 is 10.6. The average molecular weight is 388 g/mol. The van der Waals surface area contributed by atoms with Crippen LogP contribution in [0.1, 0.15) is 6.92 Å². The number of rotatable bonds is 7. The van der Waals surface area contributed by atoms with Crippen LogP contribution in [0.15, 0.2) is 28.6 Å². The number of aromatic nitrogens is 2. The van der Waals surface area contributed by atoms with Gasteiger partial charge in [0.15, 0.2) is 10.4 Å². The maximum absolute atomic E-state index is 12.1. The van der Waals surface area contributed by atoms with Crippen molar-refractivity contribution in [3.63, 3.8) is 0 Å². The van der Waals surface area contributed by atoms with E-state index in [1.54, 1.807) is 31.2 Å². The summed E-state index contributed by atoms with van der Waals surface area (Å²) >= 11 is 8.15. The highest BCUT2D eigenvalue weighted by Gasteiger charge is 2.17. The number of nitrogens with one attached hydrogen (secondary N) is 1. The van der Waals surface area contributed by atoms with Gasteiger partial charge in [0.2, 0.25) is 5.13 Å². The number of hydrogen-bond acceptors (Lipinski definition) is 8. The highest BCUT2D eigenvalue weighted by molar-refractivity contribution is 8.01. The molecule has 24 heavy (non-hydrogen) atoms. The molecular weight excluding hydrogens is 374 g/mol. The third-order valence-electron chi connectivity index (χ3n) is 2.67. The molecule has 0 unspecified atom stereocenters. The van der Waals surface area contributed by atoms with Crippen LogP contribution >= 0.6 is 34.7 Å². The molecule has 0 spiro atoms. The standard InChI is InChI=1S/C14H14ClN3O4S2/c1-8(22-10-5-3-9(15)4-6-10)12(20)16-13-17-18-14(24-13)23-7-11(19)21-2/h3-6,8H,7H2,1-2H3,(H,16,17,20)/t8-/m0/s1. The summed E-state index contributed by atoms with van der Waals surface area (Å²) in [7, 11) is 1.32. The van der Waals surface area contributed by atoms with E-state index in [2.05, 4.69) is 20.3 Å². The first-order valence-electron chi connectivity index (χ1n) is 6.74. The monoisotopic (exact) mass is 387 g/mol. The van der Waals surface area contributed by atoms with E-state index in [9.17, 15) is 9.59 Å². The van der Waals surface area contributed by atoms with Crippen molar-refractivity contribution in [1.82, 2.24) is 10.2 Å². The molecule has 1 heterocycles. The molecule has 1 aromatic heterocycles. The lowest BCUT2D eigenvalue weighted by Gasteiger charge is -2.13. The smallest absolute Gasteiger partial charge is 0.316 e. The van der Waals surface area contributed by atoms with Gasteiger partial charge in [-0.05, 0) is 31.2 Å². The topological polar surface area (TPSA) is 90.4 Å². The van der Waals surface area contributed by atoms with Crippen LogP contribution in [0.3, 0.4) is 0 Å². The Morgan fingerprint density at radius 1 is 1.33 bits per heavy atom. The van der Waals surface area contributed by atoms with Crippen LogP contribution in [0.2, 0.25) is 5.02 Å². The fourth-order valence-corrected chi connectivity index (χ4v) is 3.19. The minimum Gasteiger partial charge on any atom is -0.481 e. The average Bonchev–Trinajstić information content (AvgIpc) is 3.02. The zero-order valence-electron chi connectivity index (χ0n) is 12.8. The van der Waals surface area contributed by atoms with Gasteiger partial charge in [-0.25, -0.2) is 0 Å². The number of esters is 1. The van der Waals surface area contributed by atoms with Crippen molar-refractivity contribution in [1.29, 1.82) is 0 Å². The Morgan fingerprint density at radius 2 is 2.04 bits per heavy atom. The van der Waals surface area contributed by atoms with Gasteiger partial charge in [-0.15, -0.1) is 10.2 Å². The largest absolute Gasteiger partial charge is 0.481 e. The molecule has 128 valence electrons. The van der Waals surface area contributed by atoms with Crippen LogP contribution in [-0.4, -0.2) is 41.0 Å². The number of methoxy groups -OCH3 is 1. The lowest BCUT2D eigenvalue weighted by atomic mass is 10.3. The van der Waals surface area contributed by atoms with E-state index in [0.29, 0.717) is 20.2 Å². The number of anilines is 1. The summed E-state index contributed by atoms with van der Waals surface area (Å²) in [5, 5.41) is 11.3.